The molecule has 1 saturated carbocycles. The Labute approximate surface area is 172 Å². The second kappa shape index (κ2) is 5.77. The topological polar surface area (TPSA) is 60.4 Å². The van der Waals surface area contributed by atoms with Crippen molar-refractivity contribution >= 4 is 39.9 Å². The average Bonchev–Trinajstić information content (AvgIpc) is 3.31. The van der Waals surface area contributed by atoms with Crippen LogP contribution in [0.2, 0.25) is 5.02 Å². The van der Waals surface area contributed by atoms with Crippen LogP contribution >= 0.6 is 11.6 Å². The standard InChI is InChI=1S/C24H17ClO4/c1-13(26)24-20(23(24,2)21(27)15-7-10-16(25)11-8-15)19-17-6-4-3-5-14(17)9-12-18(19)29-22(24)28/h3-12,20H,1-2H3/t20-,23-,24+/m0/s1. The van der Waals surface area contributed by atoms with Gasteiger partial charge in [0.15, 0.2) is 5.78 Å². The summed E-state index contributed by atoms with van der Waals surface area (Å²) in [4.78, 5) is 39.5. The monoisotopic (exact) mass is 404 g/mol. The lowest BCUT2D eigenvalue weighted by Crippen LogP contribution is -2.37. The minimum Gasteiger partial charge on any atom is -0.425 e. The normalized spacial score (nSPS) is 27.0. The Balaban J connectivity index is 1.77. The molecule has 3 atom stereocenters. The molecule has 5 rings (SSSR count). The molecular weight excluding hydrogens is 388 g/mol. The number of ether oxygens (including phenoxy) is 1. The van der Waals surface area contributed by atoms with E-state index in [1.807, 2.05) is 30.3 Å². The highest BCUT2D eigenvalue weighted by atomic mass is 35.5. The fourth-order valence-electron chi connectivity index (χ4n) is 5.22. The third kappa shape index (κ3) is 2.07. The Hall–Kier alpha value is -2.98. The molecule has 1 fully saturated rings. The van der Waals surface area contributed by atoms with Crippen molar-refractivity contribution < 1.29 is 19.1 Å². The van der Waals surface area contributed by atoms with Crippen molar-refractivity contribution in [1.82, 2.24) is 0 Å². The quantitative estimate of drug-likeness (QED) is 0.267. The summed E-state index contributed by atoms with van der Waals surface area (Å²) >= 11 is 5.96. The molecule has 1 aliphatic heterocycles. The number of fused-ring (bicyclic) bond motifs is 5. The van der Waals surface area contributed by atoms with E-state index in [-0.39, 0.29) is 11.6 Å². The Kier molecular flexibility index (Phi) is 3.60. The third-order valence-corrected chi connectivity index (χ3v) is 6.88. The van der Waals surface area contributed by atoms with E-state index in [0.717, 1.165) is 16.3 Å². The van der Waals surface area contributed by atoms with Crippen molar-refractivity contribution in [2.24, 2.45) is 10.8 Å². The molecule has 0 unspecified atom stereocenters. The van der Waals surface area contributed by atoms with Gasteiger partial charge in [0, 0.05) is 22.1 Å². The fourth-order valence-corrected chi connectivity index (χ4v) is 5.35. The molecule has 0 bridgehead atoms. The van der Waals surface area contributed by atoms with Crippen LogP contribution in [0.5, 0.6) is 5.75 Å². The maximum atomic E-state index is 13.6. The van der Waals surface area contributed by atoms with Gasteiger partial charge in [0.1, 0.15) is 16.9 Å². The molecule has 29 heavy (non-hydrogen) atoms. The van der Waals surface area contributed by atoms with Crippen molar-refractivity contribution in [2.75, 3.05) is 0 Å². The van der Waals surface area contributed by atoms with Crippen LogP contribution in [-0.4, -0.2) is 17.5 Å². The number of benzene rings is 3. The lowest BCUT2D eigenvalue weighted by atomic mass is 9.85. The molecule has 4 nitrogen and oxygen atoms in total. The molecule has 0 N–H and O–H groups in total. The zero-order valence-electron chi connectivity index (χ0n) is 15.9. The lowest BCUT2D eigenvalue weighted by molar-refractivity contribution is -0.147. The molecule has 5 heteroatoms. The summed E-state index contributed by atoms with van der Waals surface area (Å²) in [5.74, 6) is -1.41. The van der Waals surface area contributed by atoms with Crippen molar-refractivity contribution in [1.29, 1.82) is 0 Å². The number of esters is 1. The van der Waals surface area contributed by atoms with Gasteiger partial charge < -0.3 is 4.74 Å². The molecule has 0 radical (unpaired) electrons. The van der Waals surface area contributed by atoms with Crippen LogP contribution in [0, 0.1) is 10.8 Å². The fraction of sp³-hybridized carbons (Fsp3) is 0.208. The Morgan fingerprint density at radius 1 is 1.00 bits per heavy atom. The maximum absolute atomic E-state index is 13.6. The van der Waals surface area contributed by atoms with E-state index in [4.69, 9.17) is 16.3 Å². The number of carbonyl (C=O) groups excluding carboxylic acids is 3. The highest BCUT2D eigenvalue weighted by molar-refractivity contribution is 6.30. The number of halogens is 1. The van der Waals surface area contributed by atoms with E-state index in [1.165, 1.54) is 6.92 Å². The van der Waals surface area contributed by atoms with Crippen LogP contribution in [0.15, 0.2) is 60.7 Å². The minimum atomic E-state index is -1.51. The molecular formula is C24H17ClO4. The first-order valence-electron chi connectivity index (χ1n) is 9.39. The minimum absolute atomic E-state index is 0.257. The predicted octanol–water partition coefficient (Wildman–Crippen LogP) is 4.97. The SMILES string of the molecule is CC(=O)[C@]12C(=O)Oc3ccc4ccccc4c3[C@H]1[C@@]2(C)C(=O)c1ccc(Cl)cc1. The van der Waals surface area contributed by atoms with Crippen LogP contribution in [0.4, 0.5) is 0 Å². The van der Waals surface area contributed by atoms with Gasteiger partial charge in [-0.25, -0.2) is 0 Å². The van der Waals surface area contributed by atoms with Gasteiger partial charge in [-0.15, -0.1) is 0 Å². The third-order valence-electron chi connectivity index (χ3n) is 6.62. The van der Waals surface area contributed by atoms with Gasteiger partial charge in [-0.3, -0.25) is 14.4 Å². The van der Waals surface area contributed by atoms with Gasteiger partial charge in [-0.1, -0.05) is 48.9 Å². The van der Waals surface area contributed by atoms with Crippen molar-refractivity contribution in [3.8, 4) is 5.75 Å². The molecule has 0 aromatic heterocycles. The van der Waals surface area contributed by atoms with Gasteiger partial charge in [0.25, 0.3) is 0 Å². The van der Waals surface area contributed by atoms with Gasteiger partial charge in [-0.2, -0.15) is 0 Å². The predicted molar refractivity (Wildman–Crippen MR) is 109 cm³/mol. The van der Waals surface area contributed by atoms with Gasteiger partial charge in [0.2, 0.25) is 0 Å². The highest BCUT2D eigenvalue weighted by Crippen LogP contribution is 2.79. The van der Waals surface area contributed by atoms with Gasteiger partial charge in [0.05, 0.1) is 5.41 Å². The lowest BCUT2D eigenvalue weighted by Gasteiger charge is -2.22. The van der Waals surface area contributed by atoms with Crippen molar-refractivity contribution in [2.45, 2.75) is 19.8 Å². The highest BCUT2D eigenvalue weighted by Gasteiger charge is 2.86. The number of hydrogen-bond donors (Lipinski definition) is 0. The molecule has 0 spiro atoms. The molecule has 0 saturated heterocycles. The molecule has 0 amide bonds. The molecule has 144 valence electrons. The van der Waals surface area contributed by atoms with Crippen LogP contribution < -0.4 is 4.74 Å². The summed E-state index contributed by atoms with van der Waals surface area (Å²) in [5.41, 5.74) is -1.57. The largest absolute Gasteiger partial charge is 0.425 e. The average molecular weight is 405 g/mol. The van der Waals surface area contributed by atoms with E-state index in [1.54, 1.807) is 37.3 Å². The van der Waals surface area contributed by atoms with Gasteiger partial charge in [-0.05, 0) is 48.0 Å². The molecule has 2 aliphatic rings. The van der Waals surface area contributed by atoms with Gasteiger partial charge >= 0.3 is 5.97 Å². The first-order chi connectivity index (χ1) is 13.8. The zero-order chi connectivity index (χ0) is 20.6. The number of rotatable bonds is 3. The molecule has 3 aromatic carbocycles. The summed E-state index contributed by atoms with van der Waals surface area (Å²) in [7, 11) is 0. The van der Waals surface area contributed by atoms with Crippen molar-refractivity contribution in [3.63, 3.8) is 0 Å². The summed E-state index contributed by atoms with van der Waals surface area (Å²) in [5, 5.41) is 2.37. The van der Waals surface area contributed by atoms with Crippen LogP contribution in [0.3, 0.4) is 0 Å². The van der Waals surface area contributed by atoms with E-state index < -0.39 is 22.7 Å². The van der Waals surface area contributed by atoms with Crippen LogP contribution in [0.25, 0.3) is 10.8 Å². The van der Waals surface area contributed by atoms with E-state index in [2.05, 4.69) is 0 Å². The molecule has 1 aliphatic carbocycles. The maximum Gasteiger partial charge on any atom is 0.326 e. The van der Waals surface area contributed by atoms with Crippen LogP contribution in [0.1, 0.15) is 35.7 Å². The molecule has 1 heterocycles. The first kappa shape index (κ1) is 18.1. The second-order valence-electron chi connectivity index (χ2n) is 7.92. The Morgan fingerprint density at radius 3 is 2.38 bits per heavy atom. The van der Waals surface area contributed by atoms with E-state index >= 15 is 0 Å². The van der Waals surface area contributed by atoms with E-state index in [0.29, 0.717) is 16.3 Å². The Morgan fingerprint density at radius 2 is 1.69 bits per heavy atom. The zero-order valence-corrected chi connectivity index (χ0v) is 16.6. The molecule has 3 aromatic rings. The number of carbonyl (C=O) groups is 3. The summed E-state index contributed by atoms with van der Waals surface area (Å²) in [6.07, 6.45) is 0. The number of hydrogen-bond acceptors (Lipinski definition) is 4. The van der Waals surface area contributed by atoms with E-state index in [9.17, 15) is 14.4 Å². The summed E-state index contributed by atoms with van der Waals surface area (Å²) in [6.45, 7) is 3.07. The summed E-state index contributed by atoms with van der Waals surface area (Å²) < 4.78 is 5.63. The smallest absolute Gasteiger partial charge is 0.326 e. The second-order valence-corrected chi connectivity index (χ2v) is 8.36. The van der Waals surface area contributed by atoms with Crippen LogP contribution in [-0.2, 0) is 9.59 Å². The summed E-state index contributed by atoms with van der Waals surface area (Å²) in [6, 6.07) is 17.9. The van der Waals surface area contributed by atoms with Crippen molar-refractivity contribution in [3.05, 3.63) is 76.8 Å². The first-order valence-corrected chi connectivity index (χ1v) is 9.76. The number of Topliss-reactive ketones (excluding diaryl/α,β-unsaturated/α-hetero) is 2. The Bertz CT molecular complexity index is 1230. The number of ketones is 2.